The van der Waals surface area contributed by atoms with Gasteiger partial charge < -0.3 is 20.2 Å². The number of hydrogen-bond acceptors (Lipinski definition) is 4. The molecule has 0 aliphatic heterocycles. The van der Waals surface area contributed by atoms with E-state index in [4.69, 9.17) is 9.52 Å². The van der Waals surface area contributed by atoms with Gasteiger partial charge in [0.1, 0.15) is 6.04 Å². The van der Waals surface area contributed by atoms with Crippen LogP contribution in [0.15, 0.2) is 22.8 Å². The Morgan fingerprint density at radius 1 is 1.40 bits per heavy atom. The lowest BCUT2D eigenvalue weighted by Gasteiger charge is -2.21. The molecule has 0 fully saturated rings. The first-order valence-electron chi connectivity index (χ1n) is 6.09. The summed E-state index contributed by atoms with van der Waals surface area (Å²) in [5.41, 5.74) is -1.07. The van der Waals surface area contributed by atoms with Gasteiger partial charge in [0.2, 0.25) is 5.91 Å². The molecule has 110 valence electrons. The normalized spacial score (nSPS) is 12.6. The van der Waals surface area contributed by atoms with Crippen molar-refractivity contribution in [2.45, 2.75) is 26.8 Å². The summed E-state index contributed by atoms with van der Waals surface area (Å²) < 4.78 is 4.90. The molecule has 1 aromatic heterocycles. The molecule has 2 amide bonds. The summed E-state index contributed by atoms with van der Waals surface area (Å²) in [4.78, 5) is 34.3. The van der Waals surface area contributed by atoms with Crippen LogP contribution in [-0.2, 0) is 9.59 Å². The van der Waals surface area contributed by atoms with Crippen molar-refractivity contribution in [1.82, 2.24) is 10.6 Å². The zero-order chi connectivity index (χ0) is 15.3. The van der Waals surface area contributed by atoms with Gasteiger partial charge in [0.05, 0.1) is 11.7 Å². The largest absolute Gasteiger partial charge is 0.481 e. The van der Waals surface area contributed by atoms with E-state index in [9.17, 15) is 14.4 Å². The minimum atomic E-state index is -1.07. The van der Waals surface area contributed by atoms with E-state index in [-0.39, 0.29) is 12.3 Å². The Bertz CT molecular complexity index is 493. The molecule has 1 unspecified atom stereocenters. The quantitative estimate of drug-likeness (QED) is 0.709. The number of carboxylic acids is 1. The van der Waals surface area contributed by atoms with Crippen LogP contribution >= 0.6 is 0 Å². The number of furan rings is 1. The van der Waals surface area contributed by atoms with Crippen molar-refractivity contribution >= 4 is 17.8 Å². The molecule has 1 aromatic rings. The molecule has 3 N–H and O–H groups in total. The van der Waals surface area contributed by atoms with Gasteiger partial charge in [0, 0.05) is 6.54 Å². The molecule has 7 heteroatoms. The van der Waals surface area contributed by atoms with Gasteiger partial charge in [0.15, 0.2) is 5.76 Å². The van der Waals surface area contributed by atoms with E-state index in [1.807, 2.05) is 0 Å². The second-order valence-electron chi connectivity index (χ2n) is 5.08. The third kappa shape index (κ3) is 4.11. The molecule has 1 rings (SSSR count). The zero-order valence-corrected chi connectivity index (χ0v) is 11.6. The van der Waals surface area contributed by atoms with Gasteiger partial charge in [-0.25, -0.2) is 0 Å². The van der Waals surface area contributed by atoms with E-state index in [1.54, 1.807) is 6.07 Å². The summed E-state index contributed by atoms with van der Waals surface area (Å²) in [6.45, 7) is 4.48. The zero-order valence-electron chi connectivity index (χ0n) is 11.6. The van der Waals surface area contributed by atoms with Crippen molar-refractivity contribution in [2.75, 3.05) is 6.54 Å². The Morgan fingerprint density at radius 2 is 2.05 bits per heavy atom. The molecule has 0 aromatic carbocycles. The van der Waals surface area contributed by atoms with E-state index in [2.05, 4.69) is 10.6 Å². The summed E-state index contributed by atoms with van der Waals surface area (Å²) in [6.07, 6.45) is 1.36. The van der Waals surface area contributed by atoms with Crippen LogP contribution in [0.1, 0.15) is 31.3 Å². The van der Waals surface area contributed by atoms with E-state index in [0.717, 1.165) is 0 Å². The molecule has 0 saturated heterocycles. The van der Waals surface area contributed by atoms with Crippen molar-refractivity contribution in [2.24, 2.45) is 5.41 Å². The molecule has 0 spiro atoms. The SMILES string of the molecule is CC(NC(=O)c1ccco1)C(=O)NCC(C)(C)C(=O)O. The molecular weight excluding hydrogens is 264 g/mol. The van der Waals surface area contributed by atoms with Crippen molar-refractivity contribution in [3.8, 4) is 0 Å². The number of carboxylic acid groups (broad SMARTS) is 1. The molecule has 0 aliphatic carbocycles. The van der Waals surface area contributed by atoms with Crippen LogP contribution in [0, 0.1) is 5.41 Å². The van der Waals surface area contributed by atoms with E-state index in [1.165, 1.54) is 33.1 Å². The lowest BCUT2D eigenvalue weighted by molar-refractivity contribution is -0.146. The van der Waals surface area contributed by atoms with Gasteiger partial charge in [0.25, 0.3) is 5.91 Å². The summed E-state index contributed by atoms with van der Waals surface area (Å²) in [5, 5.41) is 13.9. The van der Waals surface area contributed by atoms with Crippen molar-refractivity contribution in [3.63, 3.8) is 0 Å². The van der Waals surface area contributed by atoms with Crippen LogP contribution in [0.5, 0.6) is 0 Å². The Morgan fingerprint density at radius 3 is 2.55 bits per heavy atom. The number of nitrogens with one attached hydrogen (secondary N) is 2. The molecule has 1 heterocycles. The first kappa shape index (κ1) is 15.7. The van der Waals surface area contributed by atoms with E-state index < -0.39 is 29.2 Å². The standard InChI is InChI=1S/C13H18N2O5/c1-8(15-11(17)9-5-4-6-20-9)10(16)14-7-13(2,3)12(18)19/h4-6,8H,7H2,1-3H3,(H,14,16)(H,15,17)(H,18,19). The monoisotopic (exact) mass is 282 g/mol. The van der Waals surface area contributed by atoms with Crippen molar-refractivity contribution in [1.29, 1.82) is 0 Å². The Kier molecular flexibility index (Phi) is 4.90. The number of carbonyl (C=O) groups is 3. The predicted molar refractivity (Wildman–Crippen MR) is 70.1 cm³/mol. The maximum Gasteiger partial charge on any atom is 0.310 e. The predicted octanol–water partition coefficient (Wildman–Crippen LogP) is 0.625. The average molecular weight is 282 g/mol. The van der Waals surface area contributed by atoms with Gasteiger partial charge in [-0.3, -0.25) is 14.4 Å². The van der Waals surface area contributed by atoms with Gasteiger partial charge in [-0.15, -0.1) is 0 Å². The fourth-order valence-corrected chi connectivity index (χ4v) is 1.28. The first-order valence-corrected chi connectivity index (χ1v) is 6.09. The summed E-state index contributed by atoms with van der Waals surface area (Å²) in [6, 6.07) is 2.25. The summed E-state index contributed by atoms with van der Waals surface area (Å²) in [5.74, 6) is -1.87. The minimum Gasteiger partial charge on any atom is -0.481 e. The highest BCUT2D eigenvalue weighted by Gasteiger charge is 2.28. The molecule has 0 aliphatic rings. The molecule has 0 radical (unpaired) electrons. The van der Waals surface area contributed by atoms with Crippen LogP contribution in [-0.4, -0.2) is 35.5 Å². The maximum atomic E-state index is 11.8. The number of rotatable bonds is 6. The Balaban J connectivity index is 2.48. The molecule has 7 nitrogen and oxygen atoms in total. The van der Waals surface area contributed by atoms with Gasteiger partial charge in [-0.2, -0.15) is 0 Å². The smallest absolute Gasteiger partial charge is 0.310 e. The third-order valence-electron chi connectivity index (χ3n) is 2.77. The minimum absolute atomic E-state index is 0.0257. The average Bonchev–Trinajstić information content (AvgIpc) is 2.89. The van der Waals surface area contributed by atoms with Crippen molar-refractivity contribution in [3.05, 3.63) is 24.2 Å². The van der Waals surface area contributed by atoms with E-state index >= 15 is 0 Å². The summed E-state index contributed by atoms with van der Waals surface area (Å²) >= 11 is 0. The van der Waals surface area contributed by atoms with Crippen LogP contribution < -0.4 is 10.6 Å². The van der Waals surface area contributed by atoms with Crippen molar-refractivity contribution < 1.29 is 23.9 Å². The lowest BCUT2D eigenvalue weighted by Crippen LogP contribution is -2.48. The van der Waals surface area contributed by atoms with Crippen LogP contribution in [0.4, 0.5) is 0 Å². The highest BCUT2D eigenvalue weighted by atomic mass is 16.4. The number of aliphatic carboxylic acids is 1. The third-order valence-corrected chi connectivity index (χ3v) is 2.77. The second kappa shape index (κ2) is 6.23. The highest BCUT2D eigenvalue weighted by molar-refractivity contribution is 5.95. The summed E-state index contributed by atoms with van der Waals surface area (Å²) in [7, 11) is 0. The lowest BCUT2D eigenvalue weighted by atomic mass is 9.94. The first-order chi connectivity index (χ1) is 9.24. The highest BCUT2D eigenvalue weighted by Crippen LogP contribution is 2.13. The molecular formula is C13H18N2O5. The van der Waals surface area contributed by atoms with Gasteiger partial charge in [-0.1, -0.05) is 0 Å². The molecule has 1 atom stereocenters. The van der Waals surface area contributed by atoms with Crippen LogP contribution in [0.2, 0.25) is 0 Å². The molecule has 0 saturated carbocycles. The molecule has 20 heavy (non-hydrogen) atoms. The fourth-order valence-electron chi connectivity index (χ4n) is 1.28. The van der Waals surface area contributed by atoms with Crippen LogP contribution in [0.25, 0.3) is 0 Å². The maximum absolute atomic E-state index is 11.8. The van der Waals surface area contributed by atoms with Crippen LogP contribution in [0.3, 0.4) is 0 Å². The topological polar surface area (TPSA) is 109 Å². The molecule has 0 bridgehead atoms. The van der Waals surface area contributed by atoms with E-state index in [0.29, 0.717) is 0 Å². The fraction of sp³-hybridized carbons (Fsp3) is 0.462. The number of hydrogen-bond donors (Lipinski definition) is 3. The van der Waals surface area contributed by atoms with Gasteiger partial charge in [-0.05, 0) is 32.9 Å². The second-order valence-corrected chi connectivity index (χ2v) is 5.08. The number of carbonyl (C=O) groups excluding carboxylic acids is 2. The number of amides is 2. The van der Waals surface area contributed by atoms with Gasteiger partial charge >= 0.3 is 5.97 Å². The Hall–Kier alpha value is -2.31. The Labute approximate surface area is 116 Å².